The Bertz CT molecular complexity index is 349. The monoisotopic (exact) mass is 284 g/mol. The molecular weight excluding hydrogens is 264 g/mol. The van der Waals surface area contributed by atoms with Crippen molar-refractivity contribution in [1.29, 1.82) is 0 Å². The molecule has 0 heterocycles. The summed E-state index contributed by atoms with van der Waals surface area (Å²) >= 11 is 5.44. The Morgan fingerprint density at radius 3 is 2.29 bits per heavy atom. The van der Waals surface area contributed by atoms with Crippen molar-refractivity contribution >= 4 is 27.5 Å². The molecule has 0 bridgehead atoms. The highest BCUT2D eigenvalue weighted by Crippen LogP contribution is 2.03. The molecule has 0 aromatic carbocycles. The summed E-state index contributed by atoms with van der Waals surface area (Å²) in [5, 5.41) is 2.71. The van der Waals surface area contributed by atoms with Gasteiger partial charge < -0.3 is 5.32 Å². The normalized spacial score (nSPS) is 12.8. The van der Waals surface area contributed by atoms with Crippen molar-refractivity contribution in [1.82, 2.24) is 9.62 Å². The van der Waals surface area contributed by atoms with Gasteiger partial charge in [-0.05, 0) is 27.2 Å². The van der Waals surface area contributed by atoms with Gasteiger partial charge in [0.2, 0.25) is 15.9 Å². The average Bonchev–Trinajstić information content (AvgIpc) is 2.11. The summed E-state index contributed by atoms with van der Waals surface area (Å²) in [6, 6.07) is 0. The van der Waals surface area contributed by atoms with Gasteiger partial charge in [-0.25, -0.2) is 8.42 Å². The van der Waals surface area contributed by atoms with Gasteiger partial charge in [0.15, 0.2) is 0 Å². The molecule has 0 saturated carbocycles. The summed E-state index contributed by atoms with van der Waals surface area (Å²) in [6.07, 6.45) is 0.384. The summed E-state index contributed by atoms with van der Waals surface area (Å²) < 4.78 is 24.4. The molecule has 0 fully saturated rings. The zero-order valence-corrected chi connectivity index (χ0v) is 12.4. The molecule has 1 amide bonds. The smallest absolute Gasteiger partial charge is 0.235 e. The molecule has 0 aliphatic rings. The minimum atomic E-state index is -3.39. The largest absolute Gasteiger partial charge is 0.350 e. The molecule has 0 saturated heterocycles. The molecule has 7 heteroatoms. The Labute approximate surface area is 109 Å². The Morgan fingerprint density at radius 2 is 1.88 bits per heavy atom. The fourth-order valence-corrected chi connectivity index (χ4v) is 2.58. The first kappa shape index (κ1) is 16.7. The van der Waals surface area contributed by atoms with Crippen LogP contribution >= 0.6 is 11.6 Å². The number of rotatable bonds is 6. The molecule has 0 aliphatic carbocycles. The predicted molar refractivity (Wildman–Crippen MR) is 69.6 cm³/mol. The van der Waals surface area contributed by atoms with Crippen LogP contribution in [0.3, 0.4) is 0 Å². The van der Waals surface area contributed by atoms with E-state index in [1.807, 2.05) is 20.8 Å². The number of alkyl halides is 1. The molecule has 1 N–H and O–H groups in total. The summed E-state index contributed by atoms with van der Waals surface area (Å²) in [6.45, 7) is 5.36. The summed E-state index contributed by atoms with van der Waals surface area (Å²) in [7, 11) is -1.99. The van der Waals surface area contributed by atoms with E-state index in [2.05, 4.69) is 5.32 Å². The first-order chi connectivity index (χ1) is 7.58. The molecule has 0 unspecified atom stereocenters. The fourth-order valence-electron chi connectivity index (χ4n) is 1.15. The topological polar surface area (TPSA) is 66.5 Å². The van der Waals surface area contributed by atoms with E-state index >= 15 is 0 Å². The van der Waals surface area contributed by atoms with E-state index in [4.69, 9.17) is 11.6 Å². The molecule has 0 spiro atoms. The van der Waals surface area contributed by atoms with Crippen molar-refractivity contribution in [3.05, 3.63) is 0 Å². The first-order valence-corrected chi connectivity index (χ1v) is 7.54. The number of halogens is 1. The van der Waals surface area contributed by atoms with Gasteiger partial charge in [0, 0.05) is 18.5 Å². The zero-order valence-electron chi connectivity index (χ0n) is 10.8. The molecule has 5 nitrogen and oxygen atoms in total. The number of likely N-dealkylation sites (N-methyl/N-ethyl adjacent to an activating group) is 1. The minimum absolute atomic E-state index is 0.0319. The molecule has 17 heavy (non-hydrogen) atoms. The van der Waals surface area contributed by atoms with Crippen LogP contribution in [0.2, 0.25) is 0 Å². The van der Waals surface area contributed by atoms with Crippen LogP contribution in [-0.2, 0) is 14.8 Å². The number of nitrogens with zero attached hydrogens (tertiary/aromatic N) is 1. The van der Waals surface area contributed by atoms with Crippen LogP contribution in [0.15, 0.2) is 0 Å². The highest BCUT2D eigenvalue weighted by Gasteiger charge is 2.22. The Balaban J connectivity index is 4.34. The zero-order chi connectivity index (χ0) is 13.7. The SMILES string of the molecule is CN(CC(=O)NC(C)(C)C)S(=O)(=O)CCCCl. The number of sulfonamides is 1. The predicted octanol–water partition coefficient (Wildman–Crippen LogP) is 0.792. The van der Waals surface area contributed by atoms with Crippen LogP contribution < -0.4 is 5.32 Å². The second-order valence-electron chi connectivity index (χ2n) is 4.91. The van der Waals surface area contributed by atoms with Crippen LogP contribution in [0, 0.1) is 0 Å². The van der Waals surface area contributed by atoms with E-state index in [0.29, 0.717) is 12.3 Å². The van der Waals surface area contributed by atoms with E-state index in [-0.39, 0.29) is 23.7 Å². The number of hydrogen-bond acceptors (Lipinski definition) is 3. The third-order valence-electron chi connectivity index (χ3n) is 1.89. The Kier molecular flexibility index (Phi) is 6.43. The molecule has 102 valence electrons. The van der Waals surface area contributed by atoms with Gasteiger partial charge in [0.05, 0.1) is 12.3 Å². The van der Waals surface area contributed by atoms with Crippen molar-refractivity contribution in [3.63, 3.8) is 0 Å². The maximum atomic E-state index is 11.7. The Hall–Kier alpha value is -0.330. The van der Waals surface area contributed by atoms with Gasteiger partial charge in [-0.2, -0.15) is 4.31 Å². The number of carbonyl (C=O) groups excluding carboxylic acids is 1. The maximum Gasteiger partial charge on any atom is 0.235 e. The fraction of sp³-hybridized carbons (Fsp3) is 0.900. The highest BCUT2D eigenvalue weighted by atomic mass is 35.5. The third-order valence-corrected chi connectivity index (χ3v) is 4.04. The number of carbonyl (C=O) groups is 1. The van der Waals surface area contributed by atoms with Gasteiger partial charge in [-0.15, -0.1) is 11.6 Å². The lowest BCUT2D eigenvalue weighted by Gasteiger charge is -2.23. The lowest BCUT2D eigenvalue weighted by molar-refractivity contribution is -0.122. The van der Waals surface area contributed by atoms with E-state index in [9.17, 15) is 13.2 Å². The van der Waals surface area contributed by atoms with Crippen molar-refractivity contribution in [2.24, 2.45) is 0 Å². The molecular formula is C10H21ClN2O3S. The van der Waals surface area contributed by atoms with Crippen molar-refractivity contribution in [2.45, 2.75) is 32.7 Å². The van der Waals surface area contributed by atoms with Gasteiger partial charge >= 0.3 is 0 Å². The molecule has 0 rings (SSSR count). The van der Waals surface area contributed by atoms with Gasteiger partial charge in [0.1, 0.15) is 0 Å². The highest BCUT2D eigenvalue weighted by molar-refractivity contribution is 7.89. The Morgan fingerprint density at radius 1 is 1.35 bits per heavy atom. The molecule has 0 aromatic heterocycles. The molecule has 0 aromatic rings. The van der Waals surface area contributed by atoms with Crippen molar-refractivity contribution < 1.29 is 13.2 Å². The van der Waals surface area contributed by atoms with E-state index in [1.165, 1.54) is 7.05 Å². The van der Waals surface area contributed by atoms with Gasteiger partial charge in [-0.1, -0.05) is 0 Å². The summed E-state index contributed by atoms with van der Waals surface area (Å²) in [4.78, 5) is 11.5. The standard InChI is InChI=1S/C10H21ClN2O3S/c1-10(2,3)12-9(14)8-13(4)17(15,16)7-5-6-11/h5-8H2,1-4H3,(H,12,14). The van der Waals surface area contributed by atoms with Crippen LogP contribution in [-0.4, -0.2) is 49.4 Å². The lowest BCUT2D eigenvalue weighted by atomic mass is 10.1. The molecule has 0 atom stereocenters. The maximum absolute atomic E-state index is 11.7. The summed E-state index contributed by atoms with van der Waals surface area (Å²) in [5.74, 6) is -0.0497. The van der Waals surface area contributed by atoms with Crippen LogP contribution in [0.5, 0.6) is 0 Å². The molecule has 0 radical (unpaired) electrons. The molecule has 0 aliphatic heterocycles. The summed E-state index contributed by atoms with van der Waals surface area (Å²) in [5.41, 5.74) is -0.363. The first-order valence-electron chi connectivity index (χ1n) is 5.39. The van der Waals surface area contributed by atoms with E-state index in [0.717, 1.165) is 4.31 Å². The quantitative estimate of drug-likeness (QED) is 0.734. The van der Waals surface area contributed by atoms with Crippen molar-refractivity contribution in [3.8, 4) is 0 Å². The van der Waals surface area contributed by atoms with Crippen molar-refractivity contribution in [2.75, 3.05) is 25.2 Å². The van der Waals surface area contributed by atoms with E-state index in [1.54, 1.807) is 0 Å². The number of hydrogen-bond donors (Lipinski definition) is 1. The van der Waals surface area contributed by atoms with Crippen LogP contribution in [0.4, 0.5) is 0 Å². The minimum Gasteiger partial charge on any atom is -0.350 e. The lowest BCUT2D eigenvalue weighted by Crippen LogP contribution is -2.46. The third kappa shape index (κ3) is 7.57. The van der Waals surface area contributed by atoms with Gasteiger partial charge in [0.25, 0.3) is 0 Å². The average molecular weight is 285 g/mol. The van der Waals surface area contributed by atoms with Crippen LogP contribution in [0.1, 0.15) is 27.2 Å². The second-order valence-corrected chi connectivity index (χ2v) is 7.49. The number of amides is 1. The van der Waals surface area contributed by atoms with E-state index < -0.39 is 10.0 Å². The van der Waals surface area contributed by atoms with Gasteiger partial charge in [-0.3, -0.25) is 4.79 Å². The van der Waals surface area contributed by atoms with Crippen LogP contribution in [0.25, 0.3) is 0 Å². The second kappa shape index (κ2) is 6.56. The number of nitrogens with one attached hydrogen (secondary N) is 1.